The Morgan fingerprint density at radius 1 is 1.08 bits per heavy atom. The van der Waals surface area contributed by atoms with Gasteiger partial charge in [0.15, 0.2) is 11.5 Å². The van der Waals surface area contributed by atoms with Gasteiger partial charge in [0.2, 0.25) is 28.6 Å². The molecule has 3 rings (SSSR count). The molecule has 9 nitrogen and oxygen atoms in total. The Labute approximate surface area is 219 Å². The molecule has 2 aromatic rings. The van der Waals surface area contributed by atoms with Crippen molar-refractivity contribution in [2.75, 3.05) is 23.9 Å². The van der Waals surface area contributed by atoms with Gasteiger partial charge in [0.05, 0.1) is 11.9 Å². The van der Waals surface area contributed by atoms with Gasteiger partial charge >= 0.3 is 0 Å². The van der Waals surface area contributed by atoms with Crippen LogP contribution in [-0.2, 0) is 26.2 Å². The summed E-state index contributed by atoms with van der Waals surface area (Å²) >= 11 is 0. The van der Waals surface area contributed by atoms with Gasteiger partial charge in [-0.15, -0.1) is 0 Å². The standard InChI is InChI=1S/C27H37N3O6S/c1-19-9-7-10-21(15-19)17-29(20(2)26(32)28-27(3,4)5)25(31)11-8-14-30(37(6,33)34)22-12-13-23-24(16-22)36-18-35-23/h7,9-10,12-13,15-16,20H,8,11,14,17-18H2,1-6H3,(H,28,32). The van der Waals surface area contributed by atoms with Crippen LogP contribution < -0.4 is 19.1 Å². The largest absolute Gasteiger partial charge is 0.454 e. The molecule has 0 bridgehead atoms. The first kappa shape index (κ1) is 28.3. The molecule has 202 valence electrons. The van der Waals surface area contributed by atoms with Gasteiger partial charge in [-0.3, -0.25) is 13.9 Å². The lowest BCUT2D eigenvalue weighted by Gasteiger charge is -2.32. The highest BCUT2D eigenvalue weighted by molar-refractivity contribution is 7.92. The van der Waals surface area contributed by atoms with Crippen molar-refractivity contribution in [1.29, 1.82) is 0 Å². The van der Waals surface area contributed by atoms with Crippen LogP contribution >= 0.6 is 0 Å². The molecule has 1 atom stereocenters. The van der Waals surface area contributed by atoms with Gasteiger partial charge in [0.25, 0.3) is 0 Å². The first-order valence-electron chi connectivity index (χ1n) is 12.3. The molecule has 2 amide bonds. The fourth-order valence-corrected chi connectivity index (χ4v) is 5.07. The Morgan fingerprint density at radius 2 is 1.78 bits per heavy atom. The Bertz CT molecular complexity index is 1240. The first-order chi connectivity index (χ1) is 17.2. The predicted octanol–water partition coefficient (Wildman–Crippen LogP) is 3.60. The van der Waals surface area contributed by atoms with Crippen molar-refractivity contribution < 1.29 is 27.5 Å². The average Bonchev–Trinajstić information content (AvgIpc) is 3.25. The molecule has 10 heteroatoms. The second kappa shape index (κ2) is 11.4. The Balaban J connectivity index is 1.74. The van der Waals surface area contributed by atoms with Crippen LogP contribution in [0.1, 0.15) is 51.7 Å². The normalized spacial score (nSPS) is 13.7. The number of carbonyl (C=O) groups is 2. The number of rotatable bonds is 10. The van der Waals surface area contributed by atoms with Crippen molar-refractivity contribution in [3.8, 4) is 11.5 Å². The quantitative estimate of drug-likeness (QED) is 0.502. The number of fused-ring (bicyclic) bond motifs is 1. The summed E-state index contributed by atoms with van der Waals surface area (Å²) in [4.78, 5) is 27.9. The van der Waals surface area contributed by atoms with E-state index in [-0.39, 0.29) is 44.5 Å². The fourth-order valence-electron chi connectivity index (χ4n) is 4.11. The number of sulfonamides is 1. The zero-order chi connectivity index (χ0) is 27.4. The monoisotopic (exact) mass is 531 g/mol. The van der Waals surface area contributed by atoms with Gasteiger partial charge < -0.3 is 19.7 Å². The van der Waals surface area contributed by atoms with Crippen molar-refractivity contribution in [2.45, 2.75) is 65.6 Å². The number of ether oxygens (including phenoxy) is 2. The summed E-state index contributed by atoms with van der Waals surface area (Å²) in [5, 5.41) is 2.95. The number of nitrogens with one attached hydrogen (secondary N) is 1. The van der Waals surface area contributed by atoms with E-state index in [1.54, 1.807) is 30.0 Å². The second-order valence-corrected chi connectivity index (χ2v) is 12.3. The van der Waals surface area contributed by atoms with E-state index < -0.39 is 21.6 Å². The van der Waals surface area contributed by atoms with Crippen molar-refractivity contribution in [3.63, 3.8) is 0 Å². The first-order valence-corrected chi connectivity index (χ1v) is 14.1. The average molecular weight is 532 g/mol. The molecule has 0 saturated heterocycles. The van der Waals surface area contributed by atoms with E-state index >= 15 is 0 Å². The van der Waals surface area contributed by atoms with Gasteiger partial charge in [0, 0.05) is 31.1 Å². The molecule has 0 radical (unpaired) electrons. The Morgan fingerprint density at radius 3 is 2.43 bits per heavy atom. The summed E-state index contributed by atoms with van der Waals surface area (Å²) < 4.78 is 37.0. The third kappa shape index (κ3) is 7.85. The topological polar surface area (TPSA) is 105 Å². The maximum atomic E-state index is 13.4. The van der Waals surface area contributed by atoms with E-state index in [0.717, 1.165) is 17.4 Å². The van der Waals surface area contributed by atoms with Crippen molar-refractivity contribution in [3.05, 3.63) is 53.6 Å². The second-order valence-electron chi connectivity index (χ2n) is 10.4. The molecule has 1 N–H and O–H groups in total. The summed E-state index contributed by atoms with van der Waals surface area (Å²) in [7, 11) is -3.61. The molecule has 1 heterocycles. The zero-order valence-corrected chi connectivity index (χ0v) is 23.2. The summed E-state index contributed by atoms with van der Waals surface area (Å²) in [5.41, 5.74) is 1.98. The number of anilines is 1. The summed E-state index contributed by atoms with van der Waals surface area (Å²) in [6, 6.07) is 12.0. The van der Waals surface area contributed by atoms with Crippen LogP contribution in [0.3, 0.4) is 0 Å². The minimum Gasteiger partial charge on any atom is -0.454 e. The number of amides is 2. The van der Waals surface area contributed by atoms with Gasteiger partial charge in [0.1, 0.15) is 6.04 Å². The molecule has 0 aromatic heterocycles. The number of aryl methyl sites for hydroxylation is 1. The van der Waals surface area contributed by atoms with E-state index in [0.29, 0.717) is 17.2 Å². The van der Waals surface area contributed by atoms with E-state index in [4.69, 9.17) is 9.47 Å². The molecule has 1 aliphatic rings. The molecular weight excluding hydrogens is 494 g/mol. The molecule has 37 heavy (non-hydrogen) atoms. The maximum absolute atomic E-state index is 13.4. The van der Waals surface area contributed by atoms with Crippen LogP contribution in [0.5, 0.6) is 11.5 Å². The number of nitrogens with zero attached hydrogens (tertiary/aromatic N) is 2. The van der Waals surface area contributed by atoms with Crippen LogP contribution in [0.2, 0.25) is 0 Å². The molecule has 0 fully saturated rings. The van der Waals surface area contributed by atoms with E-state index in [1.165, 1.54) is 4.31 Å². The zero-order valence-electron chi connectivity index (χ0n) is 22.4. The van der Waals surface area contributed by atoms with Gasteiger partial charge in [-0.1, -0.05) is 29.8 Å². The maximum Gasteiger partial charge on any atom is 0.242 e. The molecule has 0 aliphatic carbocycles. The fraction of sp³-hybridized carbons (Fsp3) is 0.481. The summed E-state index contributed by atoms with van der Waals surface area (Å²) in [6.45, 7) is 9.82. The smallest absolute Gasteiger partial charge is 0.242 e. The van der Waals surface area contributed by atoms with E-state index in [2.05, 4.69) is 5.32 Å². The lowest BCUT2D eigenvalue weighted by molar-refractivity contribution is -0.141. The van der Waals surface area contributed by atoms with Crippen LogP contribution in [0.4, 0.5) is 5.69 Å². The Hall–Kier alpha value is -3.27. The van der Waals surface area contributed by atoms with Crippen molar-refractivity contribution in [1.82, 2.24) is 10.2 Å². The minimum absolute atomic E-state index is 0.0789. The SMILES string of the molecule is Cc1cccc(CN(C(=O)CCCN(c2ccc3c(c2)OCO3)S(C)(=O)=O)C(C)C(=O)NC(C)(C)C)c1. The number of hydrogen-bond acceptors (Lipinski definition) is 6. The number of benzene rings is 2. The highest BCUT2D eigenvalue weighted by Gasteiger charge is 2.29. The van der Waals surface area contributed by atoms with Gasteiger partial charge in [-0.05, 0) is 58.7 Å². The summed E-state index contributed by atoms with van der Waals surface area (Å²) in [6.07, 6.45) is 1.48. The molecule has 0 saturated carbocycles. The predicted molar refractivity (Wildman–Crippen MR) is 143 cm³/mol. The van der Waals surface area contributed by atoms with E-state index in [1.807, 2.05) is 52.0 Å². The molecule has 1 aliphatic heterocycles. The lowest BCUT2D eigenvalue weighted by Crippen LogP contribution is -2.52. The minimum atomic E-state index is -3.61. The van der Waals surface area contributed by atoms with Crippen molar-refractivity contribution in [2.24, 2.45) is 0 Å². The highest BCUT2D eigenvalue weighted by Crippen LogP contribution is 2.36. The third-order valence-electron chi connectivity index (χ3n) is 5.90. The third-order valence-corrected chi connectivity index (χ3v) is 7.09. The molecule has 2 aromatic carbocycles. The van der Waals surface area contributed by atoms with E-state index in [9.17, 15) is 18.0 Å². The Kier molecular flexibility index (Phi) is 8.73. The van der Waals surface area contributed by atoms with Crippen LogP contribution in [0, 0.1) is 6.92 Å². The molecule has 0 spiro atoms. The van der Waals surface area contributed by atoms with Gasteiger partial charge in [-0.25, -0.2) is 8.42 Å². The number of hydrogen-bond donors (Lipinski definition) is 1. The summed E-state index contributed by atoms with van der Waals surface area (Å²) in [5.74, 6) is 0.566. The van der Waals surface area contributed by atoms with Crippen LogP contribution in [0.15, 0.2) is 42.5 Å². The number of carbonyl (C=O) groups excluding carboxylic acids is 2. The molecular formula is C27H37N3O6S. The van der Waals surface area contributed by atoms with Crippen molar-refractivity contribution >= 4 is 27.5 Å². The van der Waals surface area contributed by atoms with Gasteiger partial charge in [-0.2, -0.15) is 0 Å². The molecule has 1 unspecified atom stereocenters. The lowest BCUT2D eigenvalue weighted by atomic mass is 10.1. The highest BCUT2D eigenvalue weighted by atomic mass is 32.2. The van der Waals surface area contributed by atoms with Crippen LogP contribution in [-0.4, -0.2) is 56.3 Å². The van der Waals surface area contributed by atoms with Crippen LogP contribution in [0.25, 0.3) is 0 Å².